The molecule has 2 saturated heterocycles. The summed E-state index contributed by atoms with van der Waals surface area (Å²) in [5.41, 5.74) is 0. The van der Waals surface area contributed by atoms with Crippen molar-refractivity contribution in [1.82, 2.24) is 10.2 Å². The average molecular weight is 246 g/mol. The summed E-state index contributed by atoms with van der Waals surface area (Å²) in [6.45, 7) is 1.86. The molecule has 0 aromatic heterocycles. The molecule has 2 aliphatic heterocycles. The lowest BCUT2D eigenvalue weighted by atomic mass is 10.0. The van der Waals surface area contributed by atoms with Gasteiger partial charge in [-0.05, 0) is 0 Å². The van der Waals surface area contributed by atoms with Gasteiger partial charge in [-0.15, -0.1) is 0 Å². The molecule has 0 unspecified atom stereocenters. The maximum absolute atomic E-state index is 11.7. The van der Waals surface area contributed by atoms with Crippen molar-refractivity contribution in [2.45, 2.75) is 38.0 Å². The highest BCUT2D eigenvalue weighted by molar-refractivity contribution is 5.75. The van der Waals surface area contributed by atoms with Gasteiger partial charge in [0, 0.05) is 18.9 Å². The largest absolute Gasteiger partial charge is 0.394 e. The molecule has 0 spiro atoms. The minimum atomic E-state index is -0.825. The Morgan fingerprint density at radius 3 is 2.76 bits per heavy atom. The summed E-state index contributed by atoms with van der Waals surface area (Å²) >= 11 is 0. The summed E-state index contributed by atoms with van der Waals surface area (Å²) in [4.78, 5) is 13.1. The topological polar surface area (TPSA) is 102 Å². The van der Waals surface area contributed by atoms with Crippen LogP contribution in [0.2, 0.25) is 0 Å². The Morgan fingerprint density at radius 2 is 2.24 bits per heavy atom. The van der Waals surface area contributed by atoms with Crippen LogP contribution in [0.4, 0.5) is 4.79 Å². The second-order valence-corrected chi connectivity index (χ2v) is 4.54. The van der Waals surface area contributed by atoms with Crippen molar-refractivity contribution in [3.8, 4) is 0 Å². The molecule has 2 amide bonds. The number of hydrogen-bond acceptors (Lipinski definition) is 5. The van der Waals surface area contributed by atoms with Crippen molar-refractivity contribution in [3.05, 3.63) is 0 Å². The Kier molecular flexibility index (Phi) is 3.53. The smallest absolute Gasteiger partial charge is 0.321 e. The molecule has 2 rings (SSSR count). The fourth-order valence-corrected chi connectivity index (χ4v) is 2.30. The second kappa shape index (κ2) is 4.77. The summed E-state index contributed by atoms with van der Waals surface area (Å²) in [6, 6.07) is -0.411. The summed E-state index contributed by atoms with van der Waals surface area (Å²) in [7, 11) is 0. The normalized spacial score (nSPS) is 42.7. The number of rotatable bonds is 2. The van der Waals surface area contributed by atoms with E-state index in [1.807, 2.05) is 0 Å². The van der Waals surface area contributed by atoms with E-state index in [4.69, 9.17) is 9.84 Å². The van der Waals surface area contributed by atoms with Crippen molar-refractivity contribution in [2.24, 2.45) is 5.92 Å². The van der Waals surface area contributed by atoms with Gasteiger partial charge in [0.2, 0.25) is 0 Å². The van der Waals surface area contributed by atoms with Crippen LogP contribution in [-0.2, 0) is 4.74 Å². The van der Waals surface area contributed by atoms with Crippen LogP contribution >= 0.6 is 0 Å². The van der Waals surface area contributed by atoms with E-state index in [9.17, 15) is 15.0 Å². The molecule has 17 heavy (non-hydrogen) atoms. The first-order valence-electron chi connectivity index (χ1n) is 5.74. The van der Waals surface area contributed by atoms with Gasteiger partial charge in [-0.2, -0.15) is 0 Å². The predicted molar refractivity (Wildman–Crippen MR) is 56.8 cm³/mol. The summed E-state index contributed by atoms with van der Waals surface area (Å²) < 4.78 is 5.46. The minimum Gasteiger partial charge on any atom is -0.394 e. The quantitative estimate of drug-likeness (QED) is 0.471. The lowest BCUT2D eigenvalue weighted by Crippen LogP contribution is -2.56. The highest BCUT2D eigenvalue weighted by Crippen LogP contribution is 2.30. The van der Waals surface area contributed by atoms with Gasteiger partial charge in [0.25, 0.3) is 0 Å². The molecule has 2 heterocycles. The molecule has 0 aromatic rings. The number of hydrogen-bond donors (Lipinski definition) is 4. The van der Waals surface area contributed by atoms with Gasteiger partial charge >= 0.3 is 6.03 Å². The van der Waals surface area contributed by atoms with Crippen LogP contribution in [-0.4, -0.2) is 64.1 Å². The van der Waals surface area contributed by atoms with E-state index < -0.39 is 30.7 Å². The molecule has 0 bridgehead atoms. The lowest BCUT2D eigenvalue weighted by Gasteiger charge is -2.36. The number of aliphatic hydroxyl groups excluding tert-OH is 3. The van der Waals surface area contributed by atoms with Crippen molar-refractivity contribution < 1.29 is 24.9 Å². The van der Waals surface area contributed by atoms with Gasteiger partial charge in [0.15, 0.2) is 0 Å². The number of amides is 2. The van der Waals surface area contributed by atoms with E-state index in [2.05, 4.69) is 5.32 Å². The van der Waals surface area contributed by atoms with E-state index in [0.717, 1.165) is 0 Å². The third-order valence-corrected chi connectivity index (χ3v) is 3.37. The third-order valence-electron chi connectivity index (χ3n) is 3.37. The molecule has 98 valence electrons. The number of urea groups is 1. The van der Waals surface area contributed by atoms with E-state index in [1.165, 1.54) is 4.90 Å². The second-order valence-electron chi connectivity index (χ2n) is 4.54. The predicted octanol–water partition coefficient (Wildman–Crippen LogP) is -1.57. The molecule has 2 aliphatic rings. The van der Waals surface area contributed by atoms with Crippen LogP contribution in [0.15, 0.2) is 0 Å². The maximum atomic E-state index is 11.7. The zero-order valence-electron chi connectivity index (χ0n) is 9.61. The monoisotopic (exact) mass is 246 g/mol. The minimum absolute atomic E-state index is 0.270. The Morgan fingerprint density at radius 1 is 1.53 bits per heavy atom. The zero-order valence-corrected chi connectivity index (χ0v) is 9.61. The number of aliphatic hydroxyl groups is 3. The van der Waals surface area contributed by atoms with E-state index in [1.54, 1.807) is 6.92 Å². The lowest BCUT2D eigenvalue weighted by molar-refractivity contribution is -0.0775. The van der Waals surface area contributed by atoms with Crippen LogP contribution in [0.3, 0.4) is 0 Å². The van der Waals surface area contributed by atoms with Crippen molar-refractivity contribution in [3.63, 3.8) is 0 Å². The molecule has 5 atom stereocenters. The first-order chi connectivity index (χ1) is 8.04. The number of carbonyl (C=O) groups is 1. The average Bonchev–Trinajstić information content (AvgIpc) is 2.57. The zero-order chi connectivity index (χ0) is 12.6. The molecule has 2 fully saturated rings. The molecular formula is C10H18N2O5. The van der Waals surface area contributed by atoms with E-state index in [-0.39, 0.29) is 12.5 Å². The molecule has 7 heteroatoms. The Labute approximate surface area is 99.0 Å². The van der Waals surface area contributed by atoms with Crippen LogP contribution in [0.5, 0.6) is 0 Å². The van der Waals surface area contributed by atoms with Crippen LogP contribution in [0.1, 0.15) is 13.3 Å². The molecule has 0 saturated carbocycles. The Hall–Kier alpha value is -0.890. The number of nitrogens with one attached hydrogen (secondary N) is 1. The first-order valence-corrected chi connectivity index (χ1v) is 5.74. The standard InChI is InChI=1S/C10H18N2O5/c1-5-8(15)6(4-13)17-9(5)12-3-2-7(14)11-10(12)16/h5-9,13-15H,2-4H2,1H3,(H,11,16)/t5-,6-,7+,8+,9-/m1/s1. The Balaban J connectivity index is 2.05. The van der Waals surface area contributed by atoms with E-state index in [0.29, 0.717) is 13.0 Å². The summed E-state index contributed by atoms with van der Waals surface area (Å²) in [5.74, 6) is -0.270. The van der Waals surface area contributed by atoms with E-state index >= 15 is 0 Å². The fraction of sp³-hybridized carbons (Fsp3) is 0.900. The van der Waals surface area contributed by atoms with Crippen molar-refractivity contribution >= 4 is 6.03 Å². The summed E-state index contributed by atoms with van der Waals surface area (Å²) in [6.07, 6.45) is -2.42. The molecule has 0 aromatic carbocycles. The number of nitrogens with zero attached hydrogens (tertiary/aromatic N) is 1. The van der Waals surface area contributed by atoms with Gasteiger partial charge in [-0.3, -0.25) is 4.90 Å². The highest BCUT2D eigenvalue weighted by Gasteiger charge is 2.45. The number of carbonyl (C=O) groups excluding carboxylic acids is 1. The Bertz CT molecular complexity index is 300. The summed E-state index contributed by atoms with van der Waals surface area (Å²) in [5, 5.41) is 30.5. The number of ether oxygens (including phenoxy) is 1. The fourth-order valence-electron chi connectivity index (χ4n) is 2.30. The SMILES string of the molecule is C[C@@H]1[C@H](O)[C@@H](CO)O[C@H]1N1CC[C@H](O)NC1=O. The third kappa shape index (κ3) is 2.23. The highest BCUT2D eigenvalue weighted by atomic mass is 16.5. The van der Waals surface area contributed by atoms with Gasteiger partial charge in [0.1, 0.15) is 18.6 Å². The van der Waals surface area contributed by atoms with Crippen LogP contribution in [0, 0.1) is 5.92 Å². The van der Waals surface area contributed by atoms with Crippen LogP contribution < -0.4 is 5.32 Å². The van der Waals surface area contributed by atoms with Gasteiger partial charge in [-0.25, -0.2) is 4.79 Å². The maximum Gasteiger partial charge on any atom is 0.321 e. The van der Waals surface area contributed by atoms with Crippen molar-refractivity contribution in [1.29, 1.82) is 0 Å². The van der Waals surface area contributed by atoms with Gasteiger partial charge < -0.3 is 25.4 Å². The van der Waals surface area contributed by atoms with Crippen molar-refractivity contribution in [2.75, 3.05) is 13.2 Å². The molecule has 0 radical (unpaired) electrons. The van der Waals surface area contributed by atoms with Gasteiger partial charge in [-0.1, -0.05) is 6.92 Å². The molecule has 4 N–H and O–H groups in total. The molecule has 0 aliphatic carbocycles. The van der Waals surface area contributed by atoms with Crippen LogP contribution in [0.25, 0.3) is 0 Å². The molecule has 7 nitrogen and oxygen atoms in total. The first kappa shape index (κ1) is 12.6. The molecular weight excluding hydrogens is 228 g/mol. The van der Waals surface area contributed by atoms with Gasteiger partial charge in [0.05, 0.1) is 12.7 Å².